The van der Waals surface area contributed by atoms with E-state index in [0.29, 0.717) is 11.5 Å². The van der Waals surface area contributed by atoms with Crippen LogP contribution in [0.5, 0.6) is 0 Å². The first-order valence-electron chi connectivity index (χ1n) is 8.69. The first-order chi connectivity index (χ1) is 13.7. The molecule has 0 N–H and O–H groups in total. The minimum absolute atomic E-state index is 0.136. The van der Waals surface area contributed by atoms with Crippen molar-refractivity contribution in [3.8, 4) is 11.5 Å². The standard InChI is InChI=1S/C21H17F3N2O3/c1-13-3-8-16(9-4-13)20-26-25-19(29-20)14(2)28-18(27)12-7-15-5-10-17(11-6-15)21(22,23)24/h3-12,14H,1-2H3/b12-7+. The number of alkyl halides is 3. The zero-order valence-electron chi connectivity index (χ0n) is 15.6. The summed E-state index contributed by atoms with van der Waals surface area (Å²) in [7, 11) is 0. The average Bonchev–Trinajstić information content (AvgIpc) is 3.17. The van der Waals surface area contributed by atoms with Crippen molar-refractivity contribution in [1.29, 1.82) is 0 Å². The Balaban J connectivity index is 1.60. The fourth-order valence-electron chi connectivity index (χ4n) is 2.42. The molecule has 0 amide bonds. The van der Waals surface area contributed by atoms with Gasteiger partial charge in [-0.2, -0.15) is 13.2 Å². The smallest absolute Gasteiger partial charge is 0.416 e. The first kappa shape index (κ1) is 20.3. The van der Waals surface area contributed by atoms with Crippen LogP contribution in [0.1, 0.15) is 35.6 Å². The highest BCUT2D eigenvalue weighted by molar-refractivity contribution is 5.87. The van der Waals surface area contributed by atoms with E-state index in [1.165, 1.54) is 18.2 Å². The topological polar surface area (TPSA) is 65.2 Å². The largest absolute Gasteiger partial charge is 0.449 e. The lowest BCUT2D eigenvalue weighted by Crippen LogP contribution is -2.06. The Labute approximate surface area is 164 Å². The van der Waals surface area contributed by atoms with E-state index in [9.17, 15) is 18.0 Å². The van der Waals surface area contributed by atoms with E-state index in [2.05, 4.69) is 10.2 Å². The highest BCUT2D eigenvalue weighted by Gasteiger charge is 2.29. The molecule has 3 aromatic rings. The van der Waals surface area contributed by atoms with E-state index in [4.69, 9.17) is 9.15 Å². The quantitative estimate of drug-likeness (QED) is 0.423. The number of carbonyl (C=O) groups excluding carboxylic acids is 1. The van der Waals surface area contributed by atoms with Crippen LogP contribution in [0.2, 0.25) is 0 Å². The average molecular weight is 402 g/mol. The lowest BCUT2D eigenvalue weighted by molar-refractivity contribution is -0.143. The van der Waals surface area contributed by atoms with Gasteiger partial charge in [0, 0.05) is 11.6 Å². The monoisotopic (exact) mass is 402 g/mol. The highest BCUT2D eigenvalue weighted by Crippen LogP contribution is 2.29. The van der Waals surface area contributed by atoms with Gasteiger partial charge in [0.15, 0.2) is 6.10 Å². The Morgan fingerprint density at radius 3 is 2.34 bits per heavy atom. The van der Waals surface area contributed by atoms with Crippen LogP contribution in [-0.4, -0.2) is 16.2 Å². The van der Waals surface area contributed by atoms with Gasteiger partial charge >= 0.3 is 12.1 Å². The van der Waals surface area contributed by atoms with Crippen molar-refractivity contribution < 1.29 is 27.1 Å². The molecule has 0 radical (unpaired) electrons. The number of ether oxygens (including phenoxy) is 1. The molecule has 1 atom stereocenters. The van der Waals surface area contributed by atoms with Crippen LogP contribution >= 0.6 is 0 Å². The SMILES string of the molecule is Cc1ccc(-c2nnc(C(C)OC(=O)/C=C/c3ccc(C(F)(F)F)cc3)o2)cc1. The van der Waals surface area contributed by atoms with Crippen LogP contribution in [0, 0.1) is 6.92 Å². The van der Waals surface area contributed by atoms with Crippen LogP contribution < -0.4 is 0 Å². The minimum Gasteiger partial charge on any atom is -0.449 e. The lowest BCUT2D eigenvalue weighted by atomic mass is 10.1. The molecule has 0 saturated heterocycles. The number of nitrogens with zero attached hydrogens (tertiary/aromatic N) is 2. The Morgan fingerprint density at radius 2 is 1.72 bits per heavy atom. The summed E-state index contributed by atoms with van der Waals surface area (Å²) in [6, 6.07) is 11.9. The van der Waals surface area contributed by atoms with Crippen LogP contribution in [0.25, 0.3) is 17.5 Å². The maximum absolute atomic E-state index is 12.6. The van der Waals surface area contributed by atoms with Gasteiger partial charge in [-0.05, 0) is 49.8 Å². The molecule has 2 aromatic carbocycles. The predicted molar refractivity (Wildman–Crippen MR) is 99.5 cm³/mol. The van der Waals surface area contributed by atoms with Crippen molar-refractivity contribution in [1.82, 2.24) is 10.2 Å². The van der Waals surface area contributed by atoms with E-state index in [1.807, 2.05) is 31.2 Å². The molecule has 0 fully saturated rings. The van der Waals surface area contributed by atoms with Gasteiger partial charge in [0.2, 0.25) is 5.89 Å². The summed E-state index contributed by atoms with van der Waals surface area (Å²) >= 11 is 0. The third kappa shape index (κ3) is 5.31. The second kappa shape index (κ2) is 8.30. The molecule has 29 heavy (non-hydrogen) atoms. The van der Waals surface area contributed by atoms with Crippen LogP contribution in [0.15, 0.2) is 59.0 Å². The van der Waals surface area contributed by atoms with Gasteiger partial charge in [-0.25, -0.2) is 4.79 Å². The number of hydrogen-bond donors (Lipinski definition) is 0. The van der Waals surface area contributed by atoms with E-state index in [-0.39, 0.29) is 5.89 Å². The maximum atomic E-state index is 12.6. The van der Waals surface area contributed by atoms with Crippen molar-refractivity contribution in [3.63, 3.8) is 0 Å². The number of rotatable bonds is 5. The molecule has 0 spiro atoms. The van der Waals surface area contributed by atoms with Crippen LogP contribution in [-0.2, 0) is 15.7 Å². The number of carbonyl (C=O) groups is 1. The van der Waals surface area contributed by atoms with Gasteiger partial charge in [0.25, 0.3) is 5.89 Å². The molecule has 5 nitrogen and oxygen atoms in total. The summed E-state index contributed by atoms with van der Waals surface area (Å²) in [5, 5.41) is 7.84. The third-order valence-corrected chi connectivity index (χ3v) is 4.03. The van der Waals surface area contributed by atoms with Gasteiger partial charge in [-0.15, -0.1) is 10.2 Å². The van der Waals surface area contributed by atoms with E-state index < -0.39 is 23.8 Å². The minimum atomic E-state index is -4.40. The zero-order chi connectivity index (χ0) is 21.0. The maximum Gasteiger partial charge on any atom is 0.416 e. The Morgan fingerprint density at radius 1 is 1.07 bits per heavy atom. The number of halogens is 3. The van der Waals surface area contributed by atoms with Crippen molar-refractivity contribution in [2.45, 2.75) is 26.1 Å². The molecular weight excluding hydrogens is 385 g/mol. The Hall–Kier alpha value is -3.42. The lowest BCUT2D eigenvalue weighted by Gasteiger charge is -2.07. The Bertz CT molecular complexity index is 1010. The molecule has 3 rings (SSSR count). The van der Waals surface area contributed by atoms with Gasteiger partial charge in [0.05, 0.1) is 5.56 Å². The van der Waals surface area contributed by atoms with Gasteiger partial charge < -0.3 is 9.15 Å². The third-order valence-electron chi connectivity index (χ3n) is 4.03. The molecule has 0 saturated carbocycles. The molecule has 1 heterocycles. The van der Waals surface area contributed by atoms with Crippen molar-refractivity contribution in [2.75, 3.05) is 0 Å². The summed E-state index contributed by atoms with van der Waals surface area (Å²) in [4.78, 5) is 12.0. The fourth-order valence-corrected chi connectivity index (χ4v) is 2.42. The fraction of sp³-hybridized carbons (Fsp3) is 0.190. The number of hydrogen-bond acceptors (Lipinski definition) is 5. The summed E-state index contributed by atoms with van der Waals surface area (Å²) < 4.78 is 48.4. The van der Waals surface area contributed by atoms with Crippen molar-refractivity contribution >= 4 is 12.0 Å². The normalized spacial score (nSPS) is 12.9. The molecule has 0 bridgehead atoms. The van der Waals surface area contributed by atoms with Crippen LogP contribution in [0.4, 0.5) is 13.2 Å². The molecule has 150 valence electrons. The summed E-state index contributed by atoms with van der Waals surface area (Å²) in [6.07, 6.45) is -2.71. The van der Waals surface area contributed by atoms with Gasteiger partial charge in [-0.3, -0.25) is 0 Å². The number of benzene rings is 2. The Kier molecular flexibility index (Phi) is 5.81. The highest BCUT2D eigenvalue weighted by atomic mass is 19.4. The predicted octanol–water partition coefficient (Wildman–Crippen LogP) is 5.38. The number of esters is 1. The number of aromatic nitrogens is 2. The van der Waals surface area contributed by atoms with Crippen molar-refractivity contribution in [3.05, 3.63) is 77.2 Å². The van der Waals surface area contributed by atoms with Gasteiger partial charge in [0.1, 0.15) is 0 Å². The summed E-state index contributed by atoms with van der Waals surface area (Å²) in [5.41, 5.74) is 1.51. The summed E-state index contributed by atoms with van der Waals surface area (Å²) in [5.74, 6) is -0.243. The molecule has 1 unspecified atom stereocenters. The van der Waals surface area contributed by atoms with Crippen molar-refractivity contribution in [2.24, 2.45) is 0 Å². The van der Waals surface area contributed by atoms with E-state index >= 15 is 0 Å². The second-order valence-corrected chi connectivity index (χ2v) is 6.34. The molecule has 1 aromatic heterocycles. The molecule has 0 aliphatic carbocycles. The summed E-state index contributed by atoms with van der Waals surface area (Å²) in [6.45, 7) is 3.54. The first-order valence-corrected chi connectivity index (χ1v) is 8.69. The molecular formula is C21H17F3N2O3. The number of aryl methyl sites for hydroxylation is 1. The van der Waals surface area contributed by atoms with Crippen LogP contribution in [0.3, 0.4) is 0 Å². The molecule has 8 heteroatoms. The van der Waals surface area contributed by atoms with E-state index in [1.54, 1.807) is 6.92 Å². The molecule has 0 aliphatic rings. The van der Waals surface area contributed by atoms with E-state index in [0.717, 1.165) is 29.3 Å². The molecule has 0 aliphatic heterocycles. The second-order valence-electron chi connectivity index (χ2n) is 6.34. The van der Waals surface area contributed by atoms with Gasteiger partial charge in [-0.1, -0.05) is 29.8 Å². The zero-order valence-corrected chi connectivity index (χ0v) is 15.6.